The molecular formula is C15H25N3. The number of piperazine rings is 1. The summed E-state index contributed by atoms with van der Waals surface area (Å²) in [4.78, 5) is 6.98. The van der Waals surface area contributed by atoms with Gasteiger partial charge in [-0.25, -0.2) is 0 Å². The number of aromatic nitrogens is 1. The van der Waals surface area contributed by atoms with Crippen molar-refractivity contribution in [2.75, 3.05) is 18.0 Å². The van der Waals surface area contributed by atoms with E-state index in [0.29, 0.717) is 6.04 Å². The maximum absolute atomic E-state index is 4.43. The van der Waals surface area contributed by atoms with Crippen molar-refractivity contribution in [3.63, 3.8) is 0 Å². The van der Waals surface area contributed by atoms with Crippen LogP contribution in [-0.4, -0.2) is 29.7 Å². The van der Waals surface area contributed by atoms with Crippen LogP contribution in [-0.2, 0) is 0 Å². The average Bonchev–Trinajstić information content (AvgIpc) is 2.39. The molecule has 0 saturated carbocycles. The minimum atomic E-state index is 0.216. The summed E-state index contributed by atoms with van der Waals surface area (Å²) in [5, 5.41) is 3.70. The molecular weight excluding hydrogens is 222 g/mol. The summed E-state index contributed by atoms with van der Waals surface area (Å²) in [7, 11) is 0. The molecule has 1 N–H and O–H groups in total. The molecule has 0 aromatic carbocycles. The van der Waals surface area contributed by atoms with E-state index in [4.69, 9.17) is 0 Å². The predicted octanol–water partition coefficient (Wildman–Crippen LogP) is 2.75. The highest BCUT2D eigenvalue weighted by Gasteiger charge is 2.34. The van der Waals surface area contributed by atoms with Gasteiger partial charge in [0.1, 0.15) is 0 Å². The van der Waals surface area contributed by atoms with Gasteiger partial charge in [0.25, 0.3) is 0 Å². The Kier molecular flexibility index (Phi) is 3.91. The maximum Gasteiger partial charge on any atom is 0.0605 e. The fourth-order valence-electron chi connectivity index (χ4n) is 2.70. The Bertz CT molecular complexity index is 404. The smallest absolute Gasteiger partial charge is 0.0605 e. The summed E-state index contributed by atoms with van der Waals surface area (Å²) in [6.45, 7) is 11.1. The van der Waals surface area contributed by atoms with Crippen molar-refractivity contribution in [1.29, 1.82) is 0 Å². The summed E-state index contributed by atoms with van der Waals surface area (Å²) in [6.07, 6.45) is 4.20. The Balaban J connectivity index is 2.29. The minimum absolute atomic E-state index is 0.216. The molecule has 0 aliphatic carbocycles. The number of nitrogens with one attached hydrogen (secondary N) is 1. The van der Waals surface area contributed by atoms with Crippen LogP contribution in [0.25, 0.3) is 0 Å². The Morgan fingerprint density at radius 1 is 1.50 bits per heavy atom. The first-order chi connectivity index (χ1) is 8.59. The van der Waals surface area contributed by atoms with Crippen LogP contribution in [0.4, 0.5) is 5.69 Å². The lowest BCUT2D eigenvalue weighted by atomic mass is 9.92. The lowest BCUT2D eigenvalue weighted by molar-refractivity contribution is 0.276. The number of hydrogen-bond donors (Lipinski definition) is 1. The third kappa shape index (κ3) is 2.51. The third-order valence-electron chi connectivity index (χ3n) is 4.26. The molecule has 2 atom stereocenters. The molecule has 0 spiro atoms. The van der Waals surface area contributed by atoms with Crippen molar-refractivity contribution >= 4 is 5.69 Å². The van der Waals surface area contributed by atoms with Crippen LogP contribution in [0.15, 0.2) is 18.3 Å². The van der Waals surface area contributed by atoms with Crippen molar-refractivity contribution in [1.82, 2.24) is 10.3 Å². The number of nitrogens with zero attached hydrogens (tertiary/aromatic N) is 2. The van der Waals surface area contributed by atoms with Crippen LogP contribution in [0.5, 0.6) is 0 Å². The number of pyridine rings is 1. The molecule has 100 valence electrons. The van der Waals surface area contributed by atoms with Crippen LogP contribution >= 0.6 is 0 Å². The normalized spacial score (nSPS) is 28.4. The molecule has 1 fully saturated rings. The molecule has 0 amide bonds. The standard InChI is InChI=1S/C15H25N3/c1-5-13-10-17-15(4,6-2)11-18(13)14-8-7-9-16-12(14)3/h7-9,13,17H,5-6,10-11H2,1-4H3. The highest BCUT2D eigenvalue weighted by Crippen LogP contribution is 2.27. The summed E-state index contributed by atoms with van der Waals surface area (Å²) < 4.78 is 0. The average molecular weight is 247 g/mol. The maximum atomic E-state index is 4.43. The summed E-state index contributed by atoms with van der Waals surface area (Å²) >= 11 is 0. The van der Waals surface area contributed by atoms with Crippen molar-refractivity contribution in [3.8, 4) is 0 Å². The van der Waals surface area contributed by atoms with Gasteiger partial charge in [0.15, 0.2) is 0 Å². The van der Waals surface area contributed by atoms with Crippen LogP contribution in [0.3, 0.4) is 0 Å². The Morgan fingerprint density at radius 2 is 2.28 bits per heavy atom. The van der Waals surface area contributed by atoms with Gasteiger partial charge in [-0.15, -0.1) is 0 Å². The van der Waals surface area contributed by atoms with Crippen molar-refractivity contribution in [2.24, 2.45) is 0 Å². The van der Waals surface area contributed by atoms with Crippen molar-refractivity contribution in [3.05, 3.63) is 24.0 Å². The molecule has 1 aromatic rings. The molecule has 1 aliphatic heterocycles. The quantitative estimate of drug-likeness (QED) is 0.890. The fourth-order valence-corrected chi connectivity index (χ4v) is 2.70. The lowest BCUT2D eigenvalue weighted by Crippen LogP contribution is -2.63. The Labute approximate surface area is 111 Å². The van der Waals surface area contributed by atoms with E-state index in [-0.39, 0.29) is 5.54 Å². The Hall–Kier alpha value is -1.09. The lowest BCUT2D eigenvalue weighted by Gasteiger charge is -2.47. The molecule has 3 heteroatoms. The van der Waals surface area contributed by atoms with Gasteiger partial charge in [-0.2, -0.15) is 0 Å². The van der Waals surface area contributed by atoms with Gasteiger partial charge in [-0.1, -0.05) is 13.8 Å². The zero-order chi connectivity index (χ0) is 13.2. The van der Waals surface area contributed by atoms with Crippen LogP contribution in [0.2, 0.25) is 0 Å². The Morgan fingerprint density at radius 3 is 2.89 bits per heavy atom. The van der Waals surface area contributed by atoms with E-state index < -0.39 is 0 Å². The molecule has 0 bridgehead atoms. The first kappa shape index (κ1) is 13.3. The van der Waals surface area contributed by atoms with Gasteiger partial charge in [0.05, 0.1) is 11.4 Å². The summed E-state index contributed by atoms with van der Waals surface area (Å²) in [5.41, 5.74) is 2.65. The highest BCUT2D eigenvalue weighted by atomic mass is 15.3. The van der Waals surface area contributed by atoms with Gasteiger partial charge in [0, 0.05) is 30.9 Å². The largest absolute Gasteiger partial charge is 0.364 e. The number of anilines is 1. The number of rotatable bonds is 3. The van der Waals surface area contributed by atoms with Gasteiger partial charge in [-0.3, -0.25) is 4.98 Å². The second-order valence-corrected chi connectivity index (χ2v) is 5.59. The second kappa shape index (κ2) is 5.27. The highest BCUT2D eigenvalue weighted by molar-refractivity contribution is 5.52. The molecule has 18 heavy (non-hydrogen) atoms. The fraction of sp³-hybridized carbons (Fsp3) is 0.667. The SMILES string of the molecule is CCC1CNC(C)(CC)CN1c1cccnc1C. The van der Waals surface area contributed by atoms with Gasteiger partial charge in [-0.05, 0) is 38.8 Å². The third-order valence-corrected chi connectivity index (χ3v) is 4.26. The van der Waals surface area contributed by atoms with E-state index in [2.05, 4.69) is 49.0 Å². The van der Waals surface area contributed by atoms with E-state index in [9.17, 15) is 0 Å². The van der Waals surface area contributed by atoms with E-state index in [1.807, 2.05) is 12.3 Å². The van der Waals surface area contributed by atoms with Gasteiger partial charge >= 0.3 is 0 Å². The van der Waals surface area contributed by atoms with E-state index in [0.717, 1.165) is 25.2 Å². The zero-order valence-electron chi connectivity index (χ0n) is 12.0. The first-order valence-electron chi connectivity index (χ1n) is 7.03. The number of hydrogen-bond acceptors (Lipinski definition) is 3. The molecule has 2 rings (SSSR count). The molecule has 1 aliphatic rings. The van der Waals surface area contributed by atoms with Crippen molar-refractivity contribution in [2.45, 2.75) is 52.1 Å². The molecule has 1 saturated heterocycles. The monoisotopic (exact) mass is 247 g/mol. The van der Waals surface area contributed by atoms with E-state index >= 15 is 0 Å². The second-order valence-electron chi connectivity index (χ2n) is 5.59. The van der Waals surface area contributed by atoms with E-state index in [1.165, 1.54) is 12.1 Å². The molecule has 1 aromatic heterocycles. The van der Waals surface area contributed by atoms with Gasteiger partial charge < -0.3 is 10.2 Å². The molecule has 2 heterocycles. The van der Waals surface area contributed by atoms with Gasteiger partial charge in [0.2, 0.25) is 0 Å². The van der Waals surface area contributed by atoms with E-state index in [1.54, 1.807) is 0 Å². The number of aryl methyl sites for hydroxylation is 1. The predicted molar refractivity (Wildman–Crippen MR) is 77.1 cm³/mol. The summed E-state index contributed by atoms with van der Waals surface area (Å²) in [5.74, 6) is 0. The molecule has 3 nitrogen and oxygen atoms in total. The molecule has 2 unspecified atom stereocenters. The van der Waals surface area contributed by atoms with Crippen LogP contribution in [0, 0.1) is 6.92 Å². The zero-order valence-corrected chi connectivity index (χ0v) is 12.0. The minimum Gasteiger partial charge on any atom is -0.364 e. The topological polar surface area (TPSA) is 28.2 Å². The van der Waals surface area contributed by atoms with Crippen molar-refractivity contribution < 1.29 is 0 Å². The van der Waals surface area contributed by atoms with Crippen LogP contribution < -0.4 is 10.2 Å². The molecule has 0 radical (unpaired) electrons. The first-order valence-corrected chi connectivity index (χ1v) is 7.03. The summed E-state index contributed by atoms with van der Waals surface area (Å²) in [6, 6.07) is 4.82. The van der Waals surface area contributed by atoms with Crippen LogP contribution in [0.1, 0.15) is 39.3 Å².